The highest BCUT2D eigenvalue weighted by atomic mass is 35.5. The highest BCUT2D eigenvalue weighted by Gasteiger charge is 2.24. The second-order valence-electron chi connectivity index (χ2n) is 3.01. The average Bonchev–Trinajstić information content (AvgIpc) is 2.26. The molecule has 2 N–H and O–H groups in total. The lowest BCUT2D eigenvalue weighted by Crippen LogP contribution is -2.25. The van der Waals surface area contributed by atoms with Crippen molar-refractivity contribution in [1.82, 2.24) is 0 Å². The molecule has 1 rings (SSSR count). The monoisotopic (exact) mass is 267 g/mol. The number of ether oxygens (including phenoxy) is 2. The zero-order chi connectivity index (χ0) is 12.3. The van der Waals surface area contributed by atoms with Crippen LogP contribution >= 0.6 is 12.4 Å². The van der Waals surface area contributed by atoms with Crippen LogP contribution in [0.5, 0.6) is 5.75 Å². The van der Waals surface area contributed by atoms with E-state index in [-0.39, 0.29) is 18.2 Å². The van der Waals surface area contributed by atoms with Crippen molar-refractivity contribution in [1.29, 1.82) is 0 Å². The van der Waals surface area contributed by atoms with Crippen LogP contribution in [0.2, 0.25) is 0 Å². The minimum absolute atomic E-state index is 0. The summed E-state index contributed by atoms with van der Waals surface area (Å²) in [6.45, 7) is 0. The van der Waals surface area contributed by atoms with Crippen LogP contribution in [0.4, 0.5) is 8.78 Å². The number of esters is 1. The van der Waals surface area contributed by atoms with Crippen LogP contribution in [-0.4, -0.2) is 20.2 Å². The molecule has 0 spiro atoms. The number of rotatable bonds is 3. The molecule has 1 aromatic carbocycles. The number of nitrogens with two attached hydrogens (primary N) is 1. The lowest BCUT2D eigenvalue weighted by molar-refractivity contribution is -0.142. The van der Waals surface area contributed by atoms with Gasteiger partial charge in [0.05, 0.1) is 19.8 Å². The normalized spacial score (nSPS) is 11.4. The van der Waals surface area contributed by atoms with Gasteiger partial charge in [-0.2, -0.15) is 0 Å². The first kappa shape index (κ1) is 15.6. The topological polar surface area (TPSA) is 61.5 Å². The van der Waals surface area contributed by atoms with Crippen molar-refractivity contribution in [3.8, 4) is 5.75 Å². The van der Waals surface area contributed by atoms with Gasteiger partial charge in [0.1, 0.15) is 23.4 Å². The first-order valence-electron chi connectivity index (χ1n) is 4.37. The Balaban J connectivity index is 0.00000256. The molecule has 1 aromatic rings. The van der Waals surface area contributed by atoms with Gasteiger partial charge in [-0.25, -0.2) is 8.78 Å². The lowest BCUT2D eigenvalue weighted by Gasteiger charge is -2.12. The third-order valence-corrected chi connectivity index (χ3v) is 2.05. The molecule has 0 saturated carbocycles. The molecular formula is C10H12ClF2NO3. The van der Waals surface area contributed by atoms with E-state index in [1.54, 1.807) is 0 Å². The SMILES string of the molecule is COC(=O)[C@@H](N)c1c(F)cc(OC)cc1F.Cl. The molecule has 0 aromatic heterocycles. The Morgan fingerprint density at radius 2 is 1.76 bits per heavy atom. The summed E-state index contributed by atoms with van der Waals surface area (Å²) in [5.74, 6) is -2.80. The first-order chi connectivity index (χ1) is 7.51. The fourth-order valence-corrected chi connectivity index (χ4v) is 1.22. The van der Waals surface area contributed by atoms with Gasteiger partial charge in [-0.05, 0) is 0 Å². The number of hydrogen-bond donors (Lipinski definition) is 1. The Hall–Kier alpha value is -1.40. The van der Waals surface area contributed by atoms with Gasteiger partial charge in [-0.15, -0.1) is 12.4 Å². The van der Waals surface area contributed by atoms with Gasteiger partial charge in [0.15, 0.2) is 0 Å². The Bertz CT molecular complexity index is 392. The third-order valence-electron chi connectivity index (χ3n) is 2.05. The Morgan fingerprint density at radius 3 is 2.12 bits per heavy atom. The van der Waals surface area contributed by atoms with Crippen LogP contribution in [0.3, 0.4) is 0 Å². The van der Waals surface area contributed by atoms with Crippen LogP contribution in [0, 0.1) is 11.6 Å². The summed E-state index contributed by atoms with van der Waals surface area (Å²) in [5.41, 5.74) is 4.81. The molecule has 4 nitrogen and oxygen atoms in total. The molecule has 1 atom stereocenters. The predicted octanol–water partition coefficient (Wildman–Crippen LogP) is 1.57. The molecule has 0 aliphatic heterocycles. The third kappa shape index (κ3) is 3.28. The number of methoxy groups -OCH3 is 2. The minimum Gasteiger partial charge on any atom is -0.497 e. The number of benzene rings is 1. The van der Waals surface area contributed by atoms with Crippen LogP contribution in [0.25, 0.3) is 0 Å². The van der Waals surface area contributed by atoms with Gasteiger partial charge < -0.3 is 15.2 Å². The van der Waals surface area contributed by atoms with E-state index >= 15 is 0 Å². The Morgan fingerprint density at radius 1 is 1.29 bits per heavy atom. The molecule has 0 aliphatic rings. The Kier molecular flexibility index (Phi) is 5.84. The molecule has 0 aliphatic carbocycles. The van der Waals surface area contributed by atoms with Crippen LogP contribution < -0.4 is 10.5 Å². The Labute approximate surface area is 103 Å². The number of carbonyl (C=O) groups is 1. The summed E-state index contributed by atoms with van der Waals surface area (Å²) in [4.78, 5) is 11.1. The zero-order valence-electron chi connectivity index (χ0n) is 9.20. The van der Waals surface area contributed by atoms with Crippen molar-refractivity contribution in [3.05, 3.63) is 29.3 Å². The molecule has 0 saturated heterocycles. The fourth-order valence-electron chi connectivity index (χ4n) is 1.22. The van der Waals surface area contributed by atoms with Crippen molar-refractivity contribution in [2.24, 2.45) is 5.73 Å². The summed E-state index contributed by atoms with van der Waals surface area (Å²) in [6, 6.07) is 0.401. The molecule has 17 heavy (non-hydrogen) atoms. The molecule has 0 bridgehead atoms. The molecule has 0 fully saturated rings. The van der Waals surface area contributed by atoms with Crippen molar-refractivity contribution in [3.63, 3.8) is 0 Å². The van der Waals surface area contributed by atoms with E-state index in [0.29, 0.717) is 0 Å². The maximum Gasteiger partial charge on any atom is 0.327 e. The summed E-state index contributed by atoms with van der Waals surface area (Å²) in [5, 5.41) is 0. The van der Waals surface area contributed by atoms with E-state index in [4.69, 9.17) is 5.73 Å². The van der Waals surface area contributed by atoms with E-state index in [1.807, 2.05) is 0 Å². The van der Waals surface area contributed by atoms with Gasteiger partial charge in [0, 0.05) is 12.1 Å². The standard InChI is InChI=1S/C10H11F2NO3.ClH/c1-15-5-3-6(11)8(7(12)4-5)9(13)10(14)16-2;/h3-4,9H,13H2,1-2H3;1H/t9-;/m0./s1. The molecule has 96 valence electrons. The van der Waals surface area contributed by atoms with Crippen LogP contribution in [0.15, 0.2) is 12.1 Å². The summed E-state index contributed by atoms with van der Waals surface area (Å²) in [6.07, 6.45) is 0. The van der Waals surface area contributed by atoms with Crippen LogP contribution in [0.1, 0.15) is 11.6 Å². The zero-order valence-corrected chi connectivity index (χ0v) is 10.0. The number of carbonyl (C=O) groups excluding carboxylic acids is 1. The maximum absolute atomic E-state index is 13.4. The quantitative estimate of drug-likeness (QED) is 0.845. The second kappa shape index (κ2) is 6.36. The summed E-state index contributed by atoms with van der Waals surface area (Å²) >= 11 is 0. The van der Waals surface area contributed by atoms with Gasteiger partial charge in [-0.1, -0.05) is 0 Å². The van der Waals surface area contributed by atoms with E-state index in [2.05, 4.69) is 9.47 Å². The fraction of sp³-hybridized carbons (Fsp3) is 0.300. The highest BCUT2D eigenvalue weighted by molar-refractivity contribution is 5.85. The van der Waals surface area contributed by atoms with Crippen LogP contribution in [-0.2, 0) is 9.53 Å². The average molecular weight is 268 g/mol. The first-order valence-corrected chi connectivity index (χ1v) is 4.37. The number of halogens is 3. The number of hydrogen-bond acceptors (Lipinski definition) is 4. The molecule has 0 heterocycles. The van der Waals surface area contributed by atoms with Gasteiger partial charge >= 0.3 is 5.97 Å². The highest BCUT2D eigenvalue weighted by Crippen LogP contribution is 2.25. The summed E-state index contributed by atoms with van der Waals surface area (Å²) in [7, 11) is 2.36. The van der Waals surface area contributed by atoms with E-state index in [0.717, 1.165) is 19.2 Å². The van der Waals surface area contributed by atoms with Crippen molar-refractivity contribution in [2.45, 2.75) is 6.04 Å². The predicted molar refractivity (Wildman–Crippen MR) is 59.1 cm³/mol. The smallest absolute Gasteiger partial charge is 0.327 e. The molecule has 7 heteroatoms. The van der Waals surface area contributed by atoms with Gasteiger partial charge in [0.2, 0.25) is 0 Å². The van der Waals surface area contributed by atoms with Gasteiger partial charge in [0.25, 0.3) is 0 Å². The molecular weight excluding hydrogens is 256 g/mol. The van der Waals surface area contributed by atoms with Gasteiger partial charge in [-0.3, -0.25) is 4.79 Å². The van der Waals surface area contributed by atoms with E-state index in [1.165, 1.54) is 7.11 Å². The van der Waals surface area contributed by atoms with Crippen molar-refractivity contribution < 1.29 is 23.0 Å². The second-order valence-corrected chi connectivity index (χ2v) is 3.01. The van der Waals surface area contributed by atoms with Crippen molar-refractivity contribution in [2.75, 3.05) is 14.2 Å². The minimum atomic E-state index is -1.49. The lowest BCUT2D eigenvalue weighted by atomic mass is 10.1. The molecule has 0 amide bonds. The maximum atomic E-state index is 13.4. The molecule has 0 radical (unpaired) electrons. The largest absolute Gasteiger partial charge is 0.497 e. The van der Waals surface area contributed by atoms with E-state index < -0.39 is 29.2 Å². The molecule has 0 unspecified atom stereocenters. The van der Waals surface area contributed by atoms with Crippen molar-refractivity contribution >= 4 is 18.4 Å². The summed E-state index contributed by atoms with van der Waals surface area (Å²) < 4.78 is 35.8. The van der Waals surface area contributed by atoms with E-state index in [9.17, 15) is 13.6 Å².